The summed E-state index contributed by atoms with van der Waals surface area (Å²) in [6.07, 6.45) is 2.19. The second-order valence-corrected chi connectivity index (χ2v) is 2.94. The maximum absolute atomic E-state index is 8.86. The summed E-state index contributed by atoms with van der Waals surface area (Å²) < 4.78 is 5.45. The zero-order valence-electron chi connectivity index (χ0n) is 7.92. The molecule has 0 fully saturated rings. The molecule has 0 aliphatic carbocycles. The molecule has 0 aliphatic heterocycles. The Kier molecular flexibility index (Phi) is 4.33. The third-order valence-corrected chi connectivity index (χ3v) is 1.77. The Morgan fingerprint density at radius 1 is 1.46 bits per heavy atom. The van der Waals surface area contributed by atoms with E-state index in [1.165, 1.54) is 0 Å². The molecule has 2 nitrogen and oxygen atoms in total. The van der Waals surface area contributed by atoms with Crippen molar-refractivity contribution in [1.82, 2.24) is 0 Å². The molecule has 1 aromatic rings. The smallest absolute Gasteiger partial charge is 0.120 e. The predicted octanol–water partition coefficient (Wildman–Crippen LogP) is 2.16. The van der Waals surface area contributed by atoms with Crippen molar-refractivity contribution in [3.63, 3.8) is 0 Å². The summed E-state index contributed by atoms with van der Waals surface area (Å²) >= 11 is 0. The number of benzene rings is 1. The van der Waals surface area contributed by atoms with Crippen molar-refractivity contribution in [3.05, 3.63) is 29.8 Å². The van der Waals surface area contributed by atoms with E-state index in [0.717, 1.165) is 30.8 Å². The van der Waals surface area contributed by atoms with E-state index in [1.54, 1.807) is 12.1 Å². The summed E-state index contributed by atoms with van der Waals surface area (Å²) in [5, 5.41) is 8.86. The van der Waals surface area contributed by atoms with Crippen molar-refractivity contribution in [2.24, 2.45) is 0 Å². The summed E-state index contributed by atoms with van der Waals surface area (Å²) in [6, 6.07) is 8.31. The topological polar surface area (TPSA) is 29.5 Å². The summed E-state index contributed by atoms with van der Waals surface area (Å²) in [5.41, 5.74) is 0.842. The Labute approximate surface area is 79.2 Å². The van der Waals surface area contributed by atoms with Gasteiger partial charge in [-0.05, 0) is 36.2 Å². The lowest BCUT2D eigenvalue weighted by Gasteiger charge is -2.05. The van der Waals surface area contributed by atoms with Crippen LogP contribution in [0.2, 0.25) is 0 Å². The SMILES string of the molecule is CCCCOc1c[c]cc(CO)c1. The lowest BCUT2D eigenvalue weighted by molar-refractivity contribution is 0.278. The minimum Gasteiger partial charge on any atom is -0.494 e. The second kappa shape index (κ2) is 5.60. The zero-order valence-corrected chi connectivity index (χ0v) is 7.92. The summed E-state index contributed by atoms with van der Waals surface area (Å²) in [6.45, 7) is 2.90. The highest BCUT2D eigenvalue weighted by molar-refractivity contribution is 5.27. The minimum atomic E-state index is 0.0431. The van der Waals surface area contributed by atoms with E-state index in [1.807, 2.05) is 6.07 Å². The van der Waals surface area contributed by atoms with E-state index < -0.39 is 0 Å². The van der Waals surface area contributed by atoms with Crippen molar-refractivity contribution in [1.29, 1.82) is 0 Å². The fraction of sp³-hybridized carbons (Fsp3) is 0.455. The average Bonchev–Trinajstić information content (AvgIpc) is 2.19. The van der Waals surface area contributed by atoms with Crippen LogP contribution in [0.1, 0.15) is 25.3 Å². The molecule has 0 spiro atoms. The third-order valence-electron chi connectivity index (χ3n) is 1.77. The first-order valence-corrected chi connectivity index (χ1v) is 4.60. The highest BCUT2D eigenvalue weighted by Crippen LogP contribution is 2.12. The lowest BCUT2D eigenvalue weighted by Crippen LogP contribution is -1.96. The Bertz CT molecular complexity index is 246. The van der Waals surface area contributed by atoms with Crippen molar-refractivity contribution in [2.45, 2.75) is 26.4 Å². The van der Waals surface area contributed by atoms with E-state index in [-0.39, 0.29) is 6.61 Å². The summed E-state index contributed by atoms with van der Waals surface area (Å²) in [4.78, 5) is 0. The first-order valence-electron chi connectivity index (χ1n) is 4.60. The van der Waals surface area contributed by atoms with E-state index in [0.29, 0.717) is 0 Å². The molecule has 0 saturated heterocycles. The third kappa shape index (κ3) is 3.47. The first kappa shape index (κ1) is 10.1. The molecule has 1 N–H and O–H groups in total. The highest BCUT2D eigenvalue weighted by Gasteiger charge is 1.95. The quantitative estimate of drug-likeness (QED) is 0.702. The van der Waals surface area contributed by atoms with Crippen LogP contribution in [-0.4, -0.2) is 11.7 Å². The fourth-order valence-electron chi connectivity index (χ4n) is 1.01. The highest BCUT2D eigenvalue weighted by atomic mass is 16.5. The summed E-state index contributed by atoms with van der Waals surface area (Å²) in [5.74, 6) is 0.792. The van der Waals surface area contributed by atoms with Gasteiger partial charge in [-0.2, -0.15) is 0 Å². The second-order valence-electron chi connectivity index (χ2n) is 2.94. The Morgan fingerprint density at radius 2 is 2.31 bits per heavy atom. The van der Waals surface area contributed by atoms with Gasteiger partial charge in [-0.3, -0.25) is 0 Å². The molecule has 1 radical (unpaired) electrons. The van der Waals surface area contributed by atoms with E-state index in [4.69, 9.17) is 9.84 Å². The van der Waals surface area contributed by atoms with Crippen LogP contribution in [0.3, 0.4) is 0 Å². The number of hydrogen-bond donors (Lipinski definition) is 1. The first-order chi connectivity index (χ1) is 6.36. The van der Waals surface area contributed by atoms with Gasteiger partial charge in [-0.25, -0.2) is 0 Å². The molecule has 0 heterocycles. The van der Waals surface area contributed by atoms with Crippen molar-refractivity contribution < 1.29 is 9.84 Å². The maximum Gasteiger partial charge on any atom is 0.120 e. The standard InChI is InChI=1S/C11H15O2/c1-2-3-7-13-11-6-4-5-10(8-11)9-12/h5-6,8,12H,2-3,7,9H2,1H3. The van der Waals surface area contributed by atoms with E-state index in [9.17, 15) is 0 Å². The van der Waals surface area contributed by atoms with Crippen molar-refractivity contribution >= 4 is 0 Å². The van der Waals surface area contributed by atoms with Gasteiger partial charge in [0, 0.05) is 0 Å². The van der Waals surface area contributed by atoms with Gasteiger partial charge in [0.2, 0.25) is 0 Å². The predicted molar refractivity (Wildman–Crippen MR) is 51.6 cm³/mol. The van der Waals surface area contributed by atoms with Gasteiger partial charge < -0.3 is 9.84 Å². The van der Waals surface area contributed by atoms with Gasteiger partial charge in [-0.1, -0.05) is 13.3 Å². The molecular formula is C11H15O2. The van der Waals surface area contributed by atoms with Crippen LogP contribution in [0.5, 0.6) is 5.75 Å². The van der Waals surface area contributed by atoms with Crippen molar-refractivity contribution in [2.75, 3.05) is 6.61 Å². The number of aliphatic hydroxyl groups is 1. The normalized spacial score (nSPS) is 10.0. The van der Waals surface area contributed by atoms with Crippen molar-refractivity contribution in [3.8, 4) is 5.75 Å². The molecule has 0 aliphatic rings. The van der Waals surface area contributed by atoms with Gasteiger partial charge in [0.25, 0.3) is 0 Å². The minimum absolute atomic E-state index is 0.0431. The van der Waals surface area contributed by atoms with Gasteiger partial charge in [-0.15, -0.1) is 0 Å². The van der Waals surface area contributed by atoms with Crippen LogP contribution < -0.4 is 4.74 Å². The van der Waals surface area contributed by atoms with E-state index in [2.05, 4.69) is 13.0 Å². The van der Waals surface area contributed by atoms with Crippen LogP contribution in [0, 0.1) is 6.07 Å². The molecular weight excluding hydrogens is 164 g/mol. The number of ether oxygens (including phenoxy) is 1. The van der Waals surface area contributed by atoms with Crippen LogP contribution in [0.15, 0.2) is 18.2 Å². The average molecular weight is 179 g/mol. The molecule has 0 aromatic heterocycles. The molecule has 0 atom stereocenters. The zero-order chi connectivity index (χ0) is 9.52. The van der Waals surface area contributed by atoms with Gasteiger partial charge in [0.05, 0.1) is 13.2 Å². The molecule has 71 valence electrons. The van der Waals surface area contributed by atoms with E-state index >= 15 is 0 Å². The van der Waals surface area contributed by atoms with Gasteiger partial charge >= 0.3 is 0 Å². The molecule has 0 saturated carbocycles. The molecule has 0 bridgehead atoms. The van der Waals surface area contributed by atoms with Gasteiger partial charge in [0.15, 0.2) is 0 Å². The van der Waals surface area contributed by atoms with Crippen LogP contribution >= 0.6 is 0 Å². The molecule has 1 rings (SSSR count). The molecule has 0 amide bonds. The Balaban J connectivity index is 2.46. The Hall–Kier alpha value is -1.02. The lowest BCUT2D eigenvalue weighted by atomic mass is 10.2. The molecule has 1 aromatic carbocycles. The van der Waals surface area contributed by atoms with Crippen LogP contribution in [0.4, 0.5) is 0 Å². The monoisotopic (exact) mass is 179 g/mol. The number of rotatable bonds is 5. The number of aliphatic hydroxyl groups excluding tert-OH is 1. The molecule has 2 heteroatoms. The molecule has 0 unspecified atom stereocenters. The Morgan fingerprint density at radius 3 is 3.00 bits per heavy atom. The van der Waals surface area contributed by atoms with Crippen LogP contribution in [0.25, 0.3) is 0 Å². The molecule has 13 heavy (non-hydrogen) atoms. The summed E-state index contributed by atoms with van der Waals surface area (Å²) in [7, 11) is 0. The fourth-order valence-corrected chi connectivity index (χ4v) is 1.01. The maximum atomic E-state index is 8.86. The van der Waals surface area contributed by atoms with Crippen LogP contribution in [-0.2, 0) is 6.61 Å². The number of unbranched alkanes of at least 4 members (excludes halogenated alkanes) is 1. The van der Waals surface area contributed by atoms with Gasteiger partial charge in [0.1, 0.15) is 5.75 Å². The number of hydrogen-bond acceptors (Lipinski definition) is 2. The largest absolute Gasteiger partial charge is 0.494 e.